The maximum absolute atomic E-state index is 11.5. The molecule has 0 bridgehead atoms. The van der Waals surface area contributed by atoms with Gasteiger partial charge in [-0.1, -0.05) is 12.1 Å². The smallest absolute Gasteiger partial charge is 0.328 e. The standard InChI is InChI=1S/C10H12N4O3/c1-3-7-11-8(17-13-7)5-14-4-6(2)9(15)12-10(14)16/h4H,3,5H2,1-2H3,(H,12,15,16). The Labute approximate surface area is 96.1 Å². The number of aromatic amines is 1. The van der Waals surface area contributed by atoms with Crippen molar-refractivity contribution in [1.82, 2.24) is 19.7 Å². The number of aromatic nitrogens is 4. The molecule has 7 nitrogen and oxygen atoms in total. The van der Waals surface area contributed by atoms with E-state index in [2.05, 4.69) is 15.1 Å². The molecule has 0 aliphatic heterocycles. The van der Waals surface area contributed by atoms with Crippen molar-refractivity contribution in [3.05, 3.63) is 44.3 Å². The van der Waals surface area contributed by atoms with Crippen molar-refractivity contribution < 1.29 is 4.52 Å². The monoisotopic (exact) mass is 236 g/mol. The van der Waals surface area contributed by atoms with Crippen molar-refractivity contribution >= 4 is 0 Å². The van der Waals surface area contributed by atoms with Crippen LogP contribution < -0.4 is 11.2 Å². The first kappa shape index (κ1) is 11.3. The summed E-state index contributed by atoms with van der Waals surface area (Å²) < 4.78 is 6.29. The largest absolute Gasteiger partial charge is 0.337 e. The Hall–Kier alpha value is -2.18. The summed E-state index contributed by atoms with van der Waals surface area (Å²) in [7, 11) is 0. The minimum absolute atomic E-state index is 0.156. The predicted octanol–water partition coefficient (Wildman–Crippen LogP) is -0.161. The summed E-state index contributed by atoms with van der Waals surface area (Å²) in [6.07, 6.45) is 2.14. The summed E-state index contributed by atoms with van der Waals surface area (Å²) in [6, 6.07) is 0. The highest BCUT2D eigenvalue weighted by Gasteiger charge is 2.07. The molecule has 0 aromatic carbocycles. The van der Waals surface area contributed by atoms with Gasteiger partial charge < -0.3 is 4.52 Å². The van der Waals surface area contributed by atoms with E-state index in [0.29, 0.717) is 23.7 Å². The van der Waals surface area contributed by atoms with Gasteiger partial charge in [0.15, 0.2) is 5.82 Å². The van der Waals surface area contributed by atoms with E-state index in [1.54, 1.807) is 6.92 Å². The zero-order chi connectivity index (χ0) is 12.4. The molecule has 2 aromatic heterocycles. The molecular formula is C10H12N4O3. The molecule has 7 heteroatoms. The molecule has 0 radical (unpaired) electrons. The van der Waals surface area contributed by atoms with E-state index in [9.17, 15) is 9.59 Å². The van der Waals surface area contributed by atoms with Gasteiger partial charge in [0.2, 0.25) is 5.89 Å². The number of rotatable bonds is 3. The van der Waals surface area contributed by atoms with E-state index in [-0.39, 0.29) is 12.1 Å². The van der Waals surface area contributed by atoms with Crippen LogP contribution in [0, 0.1) is 6.92 Å². The number of aryl methyl sites for hydroxylation is 2. The first-order chi connectivity index (χ1) is 8.10. The second-order valence-corrected chi connectivity index (χ2v) is 3.66. The minimum Gasteiger partial charge on any atom is -0.337 e. The van der Waals surface area contributed by atoms with E-state index in [1.165, 1.54) is 10.8 Å². The van der Waals surface area contributed by atoms with Gasteiger partial charge >= 0.3 is 5.69 Å². The van der Waals surface area contributed by atoms with Gasteiger partial charge in [-0.25, -0.2) is 4.79 Å². The van der Waals surface area contributed by atoms with Gasteiger partial charge in [0, 0.05) is 18.2 Å². The maximum Gasteiger partial charge on any atom is 0.328 e. The van der Waals surface area contributed by atoms with Crippen LogP contribution in [0.3, 0.4) is 0 Å². The lowest BCUT2D eigenvalue weighted by Gasteiger charge is -2.01. The molecular weight excluding hydrogens is 224 g/mol. The van der Waals surface area contributed by atoms with Crippen molar-refractivity contribution in [2.24, 2.45) is 0 Å². The summed E-state index contributed by atoms with van der Waals surface area (Å²) in [6.45, 7) is 3.69. The SMILES string of the molecule is CCc1noc(Cn2cc(C)c(=O)[nH]c2=O)n1. The fraction of sp³-hybridized carbons (Fsp3) is 0.400. The van der Waals surface area contributed by atoms with E-state index in [0.717, 1.165) is 0 Å². The summed E-state index contributed by atoms with van der Waals surface area (Å²) in [5.41, 5.74) is -0.414. The van der Waals surface area contributed by atoms with Gasteiger partial charge in [-0.05, 0) is 6.92 Å². The third kappa shape index (κ3) is 2.32. The lowest BCUT2D eigenvalue weighted by molar-refractivity contribution is 0.364. The molecule has 0 amide bonds. The molecule has 90 valence electrons. The second-order valence-electron chi connectivity index (χ2n) is 3.66. The second kappa shape index (κ2) is 4.36. The van der Waals surface area contributed by atoms with Crippen LogP contribution in [0.2, 0.25) is 0 Å². The number of hydrogen-bond donors (Lipinski definition) is 1. The Bertz CT molecular complexity index is 637. The third-order valence-corrected chi connectivity index (χ3v) is 2.32. The molecule has 17 heavy (non-hydrogen) atoms. The average molecular weight is 236 g/mol. The van der Waals surface area contributed by atoms with Crippen LogP contribution in [0.25, 0.3) is 0 Å². The normalized spacial score (nSPS) is 10.7. The number of hydrogen-bond acceptors (Lipinski definition) is 5. The molecule has 2 rings (SSSR count). The van der Waals surface area contributed by atoms with Gasteiger partial charge in [0.25, 0.3) is 5.56 Å². The number of H-pyrrole nitrogens is 1. The van der Waals surface area contributed by atoms with Crippen LogP contribution >= 0.6 is 0 Å². The third-order valence-electron chi connectivity index (χ3n) is 2.32. The zero-order valence-electron chi connectivity index (χ0n) is 9.56. The van der Waals surface area contributed by atoms with Crippen LogP contribution in [-0.2, 0) is 13.0 Å². The molecule has 2 heterocycles. The first-order valence-electron chi connectivity index (χ1n) is 5.22. The van der Waals surface area contributed by atoms with Gasteiger partial charge in [-0.15, -0.1) is 0 Å². The van der Waals surface area contributed by atoms with Crippen molar-refractivity contribution in [3.63, 3.8) is 0 Å². The van der Waals surface area contributed by atoms with Crippen LogP contribution in [0.5, 0.6) is 0 Å². The molecule has 0 fully saturated rings. The molecule has 0 saturated heterocycles. The van der Waals surface area contributed by atoms with Crippen LogP contribution in [0.15, 0.2) is 20.3 Å². The van der Waals surface area contributed by atoms with Crippen LogP contribution in [0.4, 0.5) is 0 Å². The van der Waals surface area contributed by atoms with Gasteiger partial charge in [-0.2, -0.15) is 4.98 Å². The van der Waals surface area contributed by atoms with Crippen molar-refractivity contribution in [3.8, 4) is 0 Å². The summed E-state index contributed by atoms with van der Waals surface area (Å²) in [4.78, 5) is 29.0. The highest BCUT2D eigenvalue weighted by molar-refractivity contribution is 5.01. The highest BCUT2D eigenvalue weighted by atomic mass is 16.5. The van der Waals surface area contributed by atoms with E-state index in [4.69, 9.17) is 4.52 Å². The Morgan fingerprint density at radius 1 is 1.47 bits per heavy atom. The molecule has 2 aromatic rings. The van der Waals surface area contributed by atoms with Crippen LogP contribution in [-0.4, -0.2) is 19.7 Å². The Kier molecular flexibility index (Phi) is 2.90. The Morgan fingerprint density at radius 3 is 2.88 bits per heavy atom. The van der Waals surface area contributed by atoms with Gasteiger partial charge in [0.1, 0.15) is 6.54 Å². The van der Waals surface area contributed by atoms with Crippen molar-refractivity contribution in [2.75, 3.05) is 0 Å². The summed E-state index contributed by atoms with van der Waals surface area (Å²) in [5.74, 6) is 0.935. The lowest BCUT2D eigenvalue weighted by atomic mass is 10.4. The predicted molar refractivity (Wildman–Crippen MR) is 58.8 cm³/mol. The van der Waals surface area contributed by atoms with Gasteiger partial charge in [-0.3, -0.25) is 14.3 Å². The topological polar surface area (TPSA) is 93.8 Å². The summed E-state index contributed by atoms with van der Waals surface area (Å²) in [5, 5.41) is 3.73. The van der Waals surface area contributed by atoms with Gasteiger partial charge in [0.05, 0.1) is 0 Å². The molecule has 0 aliphatic rings. The summed E-state index contributed by atoms with van der Waals surface area (Å²) >= 11 is 0. The molecule has 1 N–H and O–H groups in total. The molecule has 0 saturated carbocycles. The van der Waals surface area contributed by atoms with Crippen molar-refractivity contribution in [1.29, 1.82) is 0 Å². The average Bonchev–Trinajstić information content (AvgIpc) is 2.73. The fourth-order valence-electron chi connectivity index (χ4n) is 1.38. The molecule has 0 aliphatic carbocycles. The lowest BCUT2D eigenvalue weighted by Crippen LogP contribution is -2.31. The minimum atomic E-state index is -0.489. The van der Waals surface area contributed by atoms with E-state index < -0.39 is 5.69 Å². The number of nitrogens with zero attached hydrogens (tertiary/aromatic N) is 3. The number of nitrogens with one attached hydrogen (secondary N) is 1. The Morgan fingerprint density at radius 2 is 2.24 bits per heavy atom. The highest BCUT2D eigenvalue weighted by Crippen LogP contribution is 1.99. The first-order valence-corrected chi connectivity index (χ1v) is 5.22. The fourth-order valence-corrected chi connectivity index (χ4v) is 1.38. The zero-order valence-corrected chi connectivity index (χ0v) is 9.56. The van der Waals surface area contributed by atoms with Crippen LogP contribution in [0.1, 0.15) is 24.2 Å². The van der Waals surface area contributed by atoms with E-state index >= 15 is 0 Å². The maximum atomic E-state index is 11.5. The molecule has 0 atom stereocenters. The molecule has 0 unspecified atom stereocenters. The van der Waals surface area contributed by atoms with E-state index in [1.807, 2.05) is 6.92 Å². The quantitative estimate of drug-likeness (QED) is 0.799. The van der Waals surface area contributed by atoms with Crippen molar-refractivity contribution in [2.45, 2.75) is 26.8 Å². The molecule has 0 spiro atoms. The Balaban J connectivity index is 2.33.